The molecule has 0 aliphatic carbocycles. The first kappa shape index (κ1) is 14.7. The number of amides is 1. The number of H-pyrrole nitrogens is 2. The maximum Gasteiger partial charge on any atom is 0.431 e. The summed E-state index contributed by atoms with van der Waals surface area (Å²) < 4.78 is 37.2. The Morgan fingerprint density at radius 2 is 2.10 bits per heavy atom. The van der Waals surface area contributed by atoms with Crippen molar-refractivity contribution in [1.29, 1.82) is 0 Å². The van der Waals surface area contributed by atoms with E-state index in [-0.39, 0.29) is 5.82 Å². The second-order valence-corrected chi connectivity index (χ2v) is 4.08. The highest BCUT2D eigenvalue weighted by molar-refractivity contribution is 5.93. The summed E-state index contributed by atoms with van der Waals surface area (Å²) in [5.41, 5.74) is -2.81. The quantitative estimate of drug-likeness (QED) is 0.758. The predicted octanol–water partition coefficient (Wildman–Crippen LogP) is 0.398. The lowest BCUT2D eigenvalue weighted by molar-refractivity contribution is -0.141. The Morgan fingerprint density at radius 1 is 1.38 bits per heavy atom. The van der Waals surface area contributed by atoms with Crippen LogP contribution < -0.4 is 10.9 Å². The number of nitrogens with zero attached hydrogens (tertiary/aromatic N) is 3. The normalized spacial score (nSPS) is 13.0. The molecule has 0 aliphatic heterocycles. The molecular formula is C10H9F3N6O2. The molecular weight excluding hydrogens is 293 g/mol. The van der Waals surface area contributed by atoms with Gasteiger partial charge >= 0.3 is 6.18 Å². The molecule has 0 spiro atoms. The van der Waals surface area contributed by atoms with Crippen LogP contribution in [0.25, 0.3) is 0 Å². The van der Waals surface area contributed by atoms with Crippen LogP contribution in [0.1, 0.15) is 34.8 Å². The van der Waals surface area contributed by atoms with Gasteiger partial charge in [0.15, 0.2) is 5.82 Å². The highest BCUT2D eigenvalue weighted by Crippen LogP contribution is 2.26. The molecule has 0 aromatic carbocycles. The van der Waals surface area contributed by atoms with Gasteiger partial charge in [-0.3, -0.25) is 9.59 Å². The number of carbonyl (C=O) groups is 1. The molecule has 1 amide bonds. The molecule has 1 atom stereocenters. The second-order valence-electron chi connectivity index (χ2n) is 4.08. The van der Waals surface area contributed by atoms with Gasteiger partial charge in [0.1, 0.15) is 11.3 Å². The number of halogens is 3. The van der Waals surface area contributed by atoms with Crippen LogP contribution >= 0.6 is 0 Å². The molecule has 0 fully saturated rings. The minimum absolute atomic E-state index is 0.173. The average molecular weight is 302 g/mol. The Bertz CT molecular complexity index is 694. The number of nitrogens with one attached hydrogen (secondary N) is 3. The minimum atomic E-state index is -4.69. The summed E-state index contributed by atoms with van der Waals surface area (Å²) in [4.78, 5) is 25.0. The van der Waals surface area contributed by atoms with E-state index in [2.05, 4.69) is 25.9 Å². The zero-order chi connectivity index (χ0) is 15.6. The van der Waals surface area contributed by atoms with Gasteiger partial charge < -0.3 is 10.3 Å². The summed E-state index contributed by atoms with van der Waals surface area (Å²) >= 11 is 0. The molecule has 8 nitrogen and oxygen atoms in total. The van der Waals surface area contributed by atoms with Crippen LogP contribution in [0.5, 0.6) is 0 Å². The fraction of sp³-hybridized carbons (Fsp3) is 0.300. The zero-order valence-electron chi connectivity index (χ0n) is 10.5. The minimum Gasteiger partial charge on any atom is -0.342 e. The second kappa shape index (κ2) is 5.34. The van der Waals surface area contributed by atoms with Gasteiger partial charge in [-0.15, -0.1) is 10.2 Å². The largest absolute Gasteiger partial charge is 0.431 e. The summed E-state index contributed by atoms with van der Waals surface area (Å²) in [5.74, 6) is -0.672. The van der Waals surface area contributed by atoms with Gasteiger partial charge in [0.2, 0.25) is 0 Å². The highest BCUT2D eigenvalue weighted by atomic mass is 19.4. The van der Waals surface area contributed by atoms with Gasteiger partial charge in [-0.1, -0.05) is 5.21 Å². The van der Waals surface area contributed by atoms with Gasteiger partial charge in [0.25, 0.3) is 11.5 Å². The Morgan fingerprint density at radius 3 is 2.62 bits per heavy atom. The summed E-state index contributed by atoms with van der Waals surface area (Å²) in [6.45, 7) is 1.53. The van der Waals surface area contributed by atoms with Crippen LogP contribution in [0.2, 0.25) is 0 Å². The Kier molecular flexibility index (Phi) is 3.74. The Balaban J connectivity index is 2.19. The number of carbonyl (C=O) groups excluding carboxylic acids is 1. The first-order valence-electron chi connectivity index (χ1n) is 5.64. The van der Waals surface area contributed by atoms with Gasteiger partial charge in [0.05, 0.1) is 6.04 Å². The van der Waals surface area contributed by atoms with E-state index in [4.69, 9.17) is 0 Å². The van der Waals surface area contributed by atoms with Crippen molar-refractivity contribution in [2.24, 2.45) is 0 Å². The number of rotatable bonds is 3. The van der Waals surface area contributed by atoms with Crippen LogP contribution in [0.15, 0.2) is 16.9 Å². The monoisotopic (exact) mass is 302 g/mol. The molecule has 3 N–H and O–H groups in total. The lowest BCUT2D eigenvalue weighted by atomic mass is 10.2. The molecule has 21 heavy (non-hydrogen) atoms. The Labute approximate surface area is 114 Å². The van der Waals surface area contributed by atoms with Crippen molar-refractivity contribution in [3.05, 3.63) is 39.6 Å². The van der Waals surface area contributed by atoms with Gasteiger partial charge in [-0.25, -0.2) is 0 Å². The fourth-order valence-corrected chi connectivity index (χ4v) is 1.51. The van der Waals surface area contributed by atoms with Crippen LogP contribution in [0, 0.1) is 0 Å². The first-order chi connectivity index (χ1) is 9.79. The number of tetrazole rings is 1. The molecule has 2 heterocycles. The summed E-state index contributed by atoms with van der Waals surface area (Å²) in [5, 5.41) is 15.1. The third kappa shape index (κ3) is 3.24. The van der Waals surface area contributed by atoms with E-state index < -0.39 is 34.9 Å². The van der Waals surface area contributed by atoms with Gasteiger partial charge in [-0.2, -0.15) is 18.4 Å². The molecule has 0 radical (unpaired) electrons. The van der Waals surface area contributed by atoms with E-state index in [0.29, 0.717) is 6.07 Å². The van der Waals surface area contributed by atoms with Gasteiger partial charge in [-0.05, 0) is 19.1 Å². The molecule has 2 rings (SSSR count). The number of hydrogen-bond acceptors (Lipinski definition) is 5. The van der Waals surface area contributed by atoms with E-state index in [1.807, 2.05) is 0 Å². The van der Waals surface area contributed by atoms with Crippen LogP contribution in [-0.4, -0.2) is 31.5 Å². The van der Waals surface area contributed by atoms with Crippen molar-refractivity contribution in [3.63, 3.8) is 0 Å². The van der Waals surface area contributed by atoms with Crippen LogP contribution in [0.3, 0.4) is 0 Å². The maximum absolute atomic E-state index is 12.4. The van der Waals surface area contributed by atoms with E-state index in [9.17, 15) is 22.8 Å². The molecule has 0 aliphatic rings. The van der Waals surface area contributed by atoms with Crippen molar-refractivity contribution in [1.82, 2.24) is 30.9 Å². The average Bonchev–Trinajstić information content (AvgIpc) is 2.91. The third-order valence-electron chi connectivity index (χ3n) is 2.56. The van der Waals surface area contributed by atoms with E-state index >= 15 is 0 Å². The van der Waals surface area contributed by atoms with E-state index in [0.717, 1.165) is 6.07 Å². The number of aromatic nitrogens is 5. The molecule has 2 aromatic heterocycles. The Hall–Kier alpha value is -2.72. The van der Waals surface area contributed by atoms with Crippen molar-refractivity contribution in [3.8, 4) is 0 Å². The van der Waals surface area contributed by atoms with Crippen molar-refractivity contribution >= 4 is 5.91 Å². The summed E-state index contributed by atoms with van der Waals surface area (Å²) in [6, 6.07) is 0.757. The standard InChI is InChI=1S/C10H9F3N6O2/c1-4(7-16-18-19-17-7)14-8(20)5-2-3-6(10(11,12)13)15-9(5)21/h2-4H,1H3,(H,14,20)(H,15,21)(H,16,17,18,19). The molecule has 0 saturated carbocycles. The lowest BCUT2D eigenvalue weighted by Gasteiger charge is -2.10. The molecule has 0 bridgehead atoms. The van der Waals surface area contributed by atoms with Crippen LogP contribution in [-0.2, 0) is 6.18 Å². The van der Waals surface area contributed by atoms with Crippen molar-refractivity contribution in [2.45, 2.75) is 19.1 Å². The number of pyridine rings is 1. The smallest absolute Gasteiger partial charge is 0.342 e. The molecule has 1 unspecified atom stereocenters. The van der Waals surface area contributed by atoms with Crippen molar-refractivity contribution in [2.75, 3.05) is 0 Å². The lowest BCUT2D eigenvalue weighted by Crippen LogP contribution is -2.32. The number of alkyl halides is 3. The zero-order valence-corrected chi connectivity index (χ0v) is 10.5. The molecule has 0 saturated heterocycles. The number of hydrogen-bond donors (Lipinski definition) is 3. The SMILES string of the molecule is CC(NC(=O)c1ccc(C(F)(F)F)[nH]c1=O)c1nn[nH]n1. The first-order valence-corrected chi connectivity index (χ1v) is 5.64. The van der Waals surface area contributed by atoms with Crippen molar-refractivity contribution < 1.29 is 18.0 Å². The highest BCUT2D eigenvalue weighted by Gasteiger charge is 2.32. The fourth-order valence-electron chi connectivity index (χ4n) is 1.51. The van der Waals surface area contributed by atoms with E-state index in [1.54, 1.807) is 4.98 Å². The molecule has 112 valence electrons. The third-order valence-corrected chi connectivity index (χ3v) is 2.56. The topological polar surface area (TPSA) is 116 Å². The summed E-state index contributed by atoms with van der Waals surface area (Å²) in [7, 11) is 0. The maximum atomic E-state index is 12.4. The van der Waals surface area contributed by atoms with Crippen LogP contribution in [0.4, 0.5) is 13.2 Å². The van der Waals surface area contributed by atoms with E-state index in [1.165, 1.54) is 6.92 Å². The molecule has 2 aromatic rings. The summed E-state index contributed by atoms with van der Waals surface area (Å²) in [6.07, 6.45) is -4.69. The van der Waals surface area contributed by atoms with Gasteiger partial charge in [0, 0.05) is 0 Å². The molecule has 11 heteroatoms. The predicted molar refractivity (Wildman–Crippen MR) is 62.1 cm³/mol. The number of aromatic amines is 2.